The van der Waals surface area contributed by atoms with Crippen molar-refractivity contribution in [2.75, 3.05) is 25.7 Å². The Balaban J connectivity index is 1.79. The minimum atomic E-state index is -1.22. The van der Waals surface area contributed by atoms with Crippen LogP contribution < -0.4 is 14.4 Å². The number of anilines is 1. The summed E-state index contributed by atoms with van der Waals surface area (Å²) in [6.45, 7) is 2.05. The molecule has 0 aliphatic carbocycles. The molecule has 0 saturated heterocycles. The molecule has 5 rings (SSSR count). The number of nitrogens with zero attached hydrogens (tertiary/aromatic N) is 3. The van der Waals surface area contributed by atoms with E-state index in [1.165, 1.54) is 19.1 Å². The molecule has 2 heterocycles. The number of benzene rings is 3. The van der Waals surface area contributed by atoms with Crippen molar-refractivity contribution in [3.63, 3.8) is 0 Å². The Morgan fingerprint density at radius 1 is 1.00 bits per heavy atom. The van der Waals surface area contributed by atoms with Gasteiger partial charge in [-0.05, 0) is 42.3 Å². The average molecular weight is 502 g/mol. The summed E-state index contributed by atoms with van der Waals surface area (Å²) in [7, 11) is 2.85. The van der Waals surface area contributed by atoms with Gasteiger partial charge in [0.05, 0.1) is 44.4 Å². The monoisotopic (exact) mass is 501 g/mol. The maximum Gasteiger partial charge on any atom is 0.321 e. The smallest absolute Gasteiger partial charge is 0.321 e. The first-order valence-corrected chi connectivity index (χ1v) is 11.9. The Hall–Kier alpha value is -4.53. The Morgan fingerprint density at radius 3 is 2.30 bits per heavy atom. The number of rotatable bonds is 7. The van der Waals surface area contributed by atoms with E-state index in [1.54, 1.807) is 19.1 Å². The van der Waals surface area contributed by atoms with Crippen molar-refractivity contribution in [3.8, 4) is 17.2 Å². The fraction of sp³-hybridized carbons (Fsp3) is 0.250. The molecule has 9 nitrogen and oxygen atoms in total. The van der Waals surface area contributed by atoms with E-state index in [1.807, 2.05) is 59.2 Å². The predicted octanol–water partition coefficient (Wildman–Crippen LogP) is 4.07. The van der Waals surface area contributed by atoms with E-state index >= 15 is 0 Å². The molecule has 2 atom stereocenters. The van der Waals surface area contributed by atoms with E-state index < -0.39 is 23.8 Å². The number of ether oxygens (including phenoxy) is 3. The van der Waals surface area contributed by atoms with Gasteiger partial charge in [0.2, 0.25) is 17.6 Å². The highest BCUT2D eigenvalue weighted by Crippen LogP contribution is 2.46. The highest BCUT2D eigenvalue weighted by atomic mass is 16.5. The number of phenols is 1. The second-order valence-electron chi connectivity index (χ2n) is 8.63. The number of imidazole rings is 1. The summed E-state index contributed by atoms with van der Waals surface area (Å²) in [5.41, 5.74) is 2.84. The standard InChI is InChI=1S/C28H27N3O6/c1-4-37-27(34)23-24(18-14-21(35-2)25(32)22(15-18)36-3)31-20-13-9-8-12-19(20)29-28(31)30(26(23)33)16-17-10-6-5-7-11-17/h5-15,23-24,32H,4,16H2,1-3H3/t23-,24+/m0/s1. The van der Waals surface area contributed by atoms with Gasteiger partial charge in [0.15, 0.2) is 17.4 Å². The van der Waals surface area contributed by atoms with Crippen molar-refractivity contribution in [1.82, 2.24) is 9.55 Å². The number of carbonyl (C=O) groups is 2. The maximum atomic E-state index is 14.1. The molecular weight excluding hydrogens is 474 g/mol. The lowest BCUT2D eigenvalue weighted by molar-refractivity contribution is -0.153. The Labute approximate surface area is 213 Å². The van der Waals surface area contributed by atoms with Crippen LogP contribution in [0.25, 0.3) is 11.0 Å². The topological polar surface area (TPSA) is 103 Å². The van der Waals surface area contributed by atoms with Crippen molar-refractivity contribution < 1.29 is 28.9 Å². The first-order valence-electron chi connectivity index (χ1n) is 11.9. The molecule has 1 amide bonds. The van der Waals surface area contributed by atoms with Gasteiger partial charge in [-0.15, -0.1) is 0 Å². The van der Waals surface area contributed by atoms with Crippen molar-refractivity contribution in [1.29, 1.82) is 0 Å². The molecule has 3 aromatic carbocycles. The van der Waals surface area contributed by atoms with Crippen molar-refractivity contribution in [2.45, 2.75) is 19.5 Å². The van der Waals surface area contributed by atoms with Crippen LogP contribution in [-0.4, -0.2) is 47.4 Å². The Bertz CT molecular complexity index is 1440. The van der Waals surface area contributed by atoms with Gasteiger partial charge < -0.3 is 23.9 Å². The number of hydrogen-bond acceptors (Lipinski definition) is 7. The van der Waals surface area contributed by atoms with Gasteiger partial charge in [-0.25, -0.2) is 4.98 Å². The number of aromatic nitrogens is 2. The summed E-state index contributed by atoms with van der Waals surface area (Å²) < 4.78 is 18.1. The highest BCUT2D eigenvalue weighted by Gasteiger charge is 2.48. The molecule has 0 spiro atoms. The van der Waals surface area contributed by atoms with E-state index in [2.05, 4.69) is 0 Å². The van der Waals surface area contributed by atoms with E-state index in [9.17, 15) is 14.7 Å². The molecule has 1 aliphatic rings. The van der Waals surface area contributed by atoms with Crippen LogP contribution >= 0.6 is 0 Å². The van der Waals surface area contributed by atoms with Crippen molar-refractivity contribution in [2.24, 2.45) is 5.92 Å². The number of aromatic hydroxyl groups is 1. The summed E-state index contributed by atoms with van der Waals surface area (Å²) in [5, 5.41) is 10.5. The zero-order valence-corrected chi connectivity index (χ0v) is 20.7. The third-order valence-corrected chi connectivity index (χ3v) is 6.51. The number of fused-ring (bicyclic) bond motifs is 3. The molecule has 0 radical (unpaired) electrons. The van der Waals surface area contributed by atoms with Crippen LogP contribution in [0.15, 0.2) is 66.7 Å². The van der Waals surface area contributed by atoms with Crippen LogP contribution in [0.2, 0.25) is 0 Å². The zero-order chi connectivity index (χ0) is 26.1. The van der Waals surface area contributed by atoms with E-state index in [-0.39, 0.29) is 30.4 Å². The van der Waals surface area contributed by atoms with E-state index in [0.717, 1.165) is 11.1 Å². The number of phenolic OH excluding ortho intramolecular Hbond substituents is 1. The maximum absolute atomic E-state index is 14.1. The largest absolute Gasteiger partial charge is 0.502 e. The van der Waals surface area contributed by atoms with Crippen LogP contribution in [0.4, 0.5) is 5.95 Å². The summed E-state index contributed by atoms with van der Waals surface area (Å²) in [6.07, 6.45) is 0. The molecule has 1 N–H and O–H groups in total. The fourth-order valence-electron chi connectivity index (χ4n) is 4.85. The van der Waals surface area contributed by atoms with Crippen LogP contribution in [0.5, 0.6) is 17.2 Å². The molecular formula is C28H27N3O6. The summed E-state index contributed by atoms with van der Waals surface area (Å²) >= 11 is 0. The summed E-state index contributed by atoms with van der Waals surface area (Å²) in [5.74, 6) is -1.75. The lowest BCUT2D eigenvalue weighted by Gasteiger charge is -2.38. The lowest BCUT2D eigenvalue weighted by atomic mass is 9.88. The molecule has 37 heavy (non-hydrogen) atoms. The number of hydrogen-bond donors (Lipinski definition) is 1. The quantitative estimate of drug-likeness (QED) is 0.301. The molecule has 0 saturated carbocycles. The predicted molar refractivity (Wildman–Crippen MR) is 137 cm³/mol. The third kappa shape index (κ3) is 4.12. The SMILES string of the molecule is CCOC(=O)[C@@H]1C(=O)N(Cc2ccccc2)c2nc3ccccc3n2[C@@H]1c1cc(OC)c(O)c(OC)c1. The average Bonchev–Trinajstić information content (AvgIpc) is 3.30. The van der Waals surface area contributed by atoms with Crippen molar-refractivity contribution in [3.05, 3.63) is 77.9 Å². The van der Waals surface area contributed by atoms with Gasteiger partial charge >= 0.3 is 5.97 Å². The first kappa shape index (κ1) is 24.2. The zero-order valence-electron chi connectivity index (χ0n) is 20.7. The normalized spacial score (nSPS) is 16.9. The van der Waals surface area contributed by atoms with Gasteiger partial charge in [0.1, 0.15) is 0 Å². The minimum Gasteiger partial charge on any atom is -0.502 e. The Kier molecular flexibility index (Phi) is 6.43. The van der Waals surface area contributed by atoms with E-state index in [0.29, 0.717) is 17.0 Å². The van der Waals surface area contributed by atoms with Gasteiger partial charge in [-0.3, -0.25) is 14.5 Å². The minimum absolute atomic E-state index is 0.119. The van der Waals surface area contributed by atoms with Crippen LogP contribution in [0.3, 0.4) is 0 Å². The Morgan fingerprint density at radius 2 is 1.65 bits per heavy atom. The van der Waals surface area contributed by atoms with Crippen molar-refractivity contribution >= 4 is 28.9 Å². The van der Waals surface area contributed by atoms with Gasteiger partial charge in [0, 0.05) is 0 Å². The van der Waals surface area contributed by atoms with Gasteiger partial charge in [0.25, 0.3) is 0 Å². The first-order chi connectivity index (χ1) is 18.0. The summed E-state index contributed by atoms with van der Waals surface area (Å²) in [6, 6.07) is 19.4. The second-order valence-corrected chi connectivity index (χ2v) is 8.63. The molecule has 0 unspecified atom stereocenters. The molecule has 9 heteroatoms. The molecule has 0 fully saturated rings. The number of esters is 1. The van der Waals surface area contributed by atoms with Gasteiger partial charge in [-0.1, -0.05) is 42.5 Å². The highest BCUT2D eigenvalue weighted by molar-refractivity contribution is 6.08. The third-order valence-electron chi connectivity index (χ3n) is 6.51. The van der Waals surface area contributed by atoms with Crippen LogP contribution in [0.1, 0.15) is 24.1 Å². The number of amides is 1. The number of methoxy groups -OCH3 is 2. The molecule has 1 aliphatic heterocycles. The number of para-hydroxylation sites is 2. The molecule has 1 aromatic heterocycles. The van der Waals surface area contributed by atoms with Gasteiger partial charge in [-0.2, -0.15) is 0 Å². The lowest BCUT2D eigenvalue weighted by Crippen LogP contribution is -2.49. The summed E-state index contributed by atoms with van der Waals surface area (Å²) in [4.78, 5) is 33.9. The molecule has 4 aromatic rings. The number of carbonyl (C=O) groups excluding carboxylic acids is 2. The molecule has 190 valence electrons. The fourth-order valence-corrected chi connectivity index (χ4v) is 4.85. The van der Waals surface area contributed by atoms with Crippen LogP contribution in [-0.2, 0) is 20.9 Å². The molecule has 0 bridgehead atoms. The van der Waals surface area contributed by atoms with E-state index in [4.69, 9.17) is 19.2 Å². The second kappa shape index (κ2) is 9.85. The van der Waals surface area contributed by atoms with Crippen LogP contribution in [0, 0.1) is 5.92 Å².